The third kappa shape index (κ3) is 4.44. The van der Waals surface area contributed by atoms with E-state index >= 15 is 0 Å². The van der Waals surface area contributed by atoms with Gasteiger partial charge in [-0.05, 0) is 0 Å². The predicted molar refractivity (Wildman–Crippen MR) is 34.5 cm³/mol. The first kappa shape index (κ1) is 8.93. The fourth-order valence-corrected chi connectivity index (χ4v) is 0.398. The second-order valence-electron chi connectivity index (χ2n) is 1.32. The van der Waals surface area contributed by atoms with E-state index in [1.807, 2.05) is 18.2 Å². The summed E-state index contributed by atoms with van der Waals surface area (Å²) >= 11 is 0.847. The van der Waals surface area contributed by atoms with E-state index < -0.39 is 0 Å². The fourth-order valence-electron chi connectivity index (χ4n) is 0.398. The van der Waals surface area contributed by atoms with Crippen molar-refractivity contribution in [1.82, 2.24) is 4.98 Å². The Morgan fingerprint density at radius 3 is 2.33 bits per heavy atom. The Morgan fingerprint density at radius 2 is 2.11 bits per heavy atom. The Bertz CT molecular complexity index is 143. The summed E-state index contributed by atoms with van der Waals surface area (Å²) in [6.45, 7) is 3.61. The summed E-state index contributed by atoms with van der Waals surface area (Å²) in [7, 11) is 4.76. The number of rotatable bonds is 0. The Hall–Kier alpha value is -0.0666. The van der Waals surface area contributed by atoms with E-state index in [4.69, 9.17) is 9.69 Å². The first-order valence-electron chi connectivity index (χ1n) is 2.39. The number of hydrogen-bond acceptors (Lipinski definition) is 1. The van der Waals surface area contributed by atoms with Gasteiger partial charge in [-0.15, -0.1) is 11.8 Å². The standard InChI is InChI=1S/C6H6N.ClH.Zn/c1-6-4-2-3-5-7-6;;/h2-5H,1H2;1H;/q-1;;+2/p-1. The van der Waals surface area contributed by atoms with E-state index in [9.17, 15) is 0 Å². The van der Waals surface area contributed by atoms with Crippen molar-refractivity contribution in [3.63, 3.8) is 0 Å². The molecule has 0 aliphatic rings. The zero-order valence-corrected chi connectivity index (χ0v) is 8.77. The normalized spacial score (nSPS) is 7.44. The molecule has 1 aromatic heterocycles. The van der Waals surface area contributed by atoms with Gasteiger partial charge in [0.1, 0.15) is 0 Å². The molecule has 0 aliphatic heterocycles. The van der Waals surface area contributed by atoms with Crippen molar-refractivity contribution in [2.45, 2.75) is 0 Å². The van der Waals surface area contributed by atoms with Gasteiger partial charge in [0, 0.05) is 6.20 Å². The van der Waals surface area contributed by atoms with Gasteiger partial charge in [0.25, 0.3) is 0 Å². The van der Waals surface area contributed by atoms with Crippen LogP contribution in [0, 0.1) is 6.92 Å². The molecule has 0 spiro atoms. The van der Waals surface area contributed by atoms with Crippen LogP contribution < -0.4 is 0 Å². The van der Waals surface area contributed by atoms with Crippen LogP contribution in [0.3, 0.4) is 0 Å². The van der Waals surface area contributed by atoms with Crippen LogP contribution in [0.25, 0.3) is 0 Å². The van der Waals surface area contributed by atoms with Crippen molar-refractivity contribution in [2.75, 3.05) is 0 Å². The molecule has 0 atom stereocenters. The molecule has 3 heteroatoms. The molecule has 0 radical (unpaired) electrons. The van der Waals surface area contributed by atoms with Gasteiger partial charge >= 0.3 is 27.0 Å². The van der Waals surface area contributed by atoms with Crippen molar-refractivity contribution in [3.8, 4) is 0 Å². The molecular formula is C6H6ClNZn. The van der Waals surface area contributed by atoms with Crippen LogP contribution in [0.15, 0.2) is 24.4 Å². The van der Waals surface area contributed by atoms with E-state index in [0.29, 0.717) is 0 Å². The number of nitrogens with zero attached hydrogens (tertiary/aromatic N) is 1. The number of aromatic nitrogens is 1. The molecule has 1 heterocycles. The quantitative estimate of drug-likeness (QED) is 0.453. The molecule has 0 aromatic carbocycles. The molecule has 0 saturated heterocycles. The molecule has 1 aromatic rings. The SMILES string of the molecule is [CH2-]c1ccccn1.[Cl][Zn+]. The molecular weight excluding hydrogens is 187 g/mol. The van der Waals surface area contributed by atoms with Gasteiger partial charge in [0.2, 0.25) is 0 Å². The Morgan fingerprint density at radius 1 is 1.44 bits per heavy atom. The number of pyridine rings is 1. The summed E-state index contributed by atoms with van der Waals surface area (Å²) < 4.78 is 0. The molecule has 0 aliphatic carbocycles. The van der Waals surface area contributed by atoms with Gasteiger partial charge < -0.3 is 0 Å². The summed E-state index contributed by atoms with van der Waals surface area (Å²) in [5.74, 6) is 0. The molecule has 0 bridgehead atoms. The van der Waals surface area contributed by atoms with Gasteiger partial charge in [-0.1, -0.05) is 6.07 Å². The number of halogens is 1. The van der Waals surface area contributed by atoms with E-state index in [1.54, 1.807) is 6.20 Å². The van der Waals surface area contributed by atoms with Crippen molar-refractivity contribution in [3.05, 3.63) is 37.0 Å². The molecule has 0 amide bonds. The van der Waals surface area contributed by atoms with Crippen LogP contribution in [0.5, 0.6) is 0 Å². The molecule has 0 fully saturated rings. The monoisotopic (exact) mass is 191 g/mol. The summed E-state index contributed by atoms with van der Waals surface area (Å²) in [6, 6.07) is 5.64. The topological polar surface area (TPSA) is 12.9 Å². The van der Waals surface area contributed by atoms with E-state index in [1.165, 1.54) is 0 Å². The third-order valence-corrected chi connectivity index (χ3v) is 0.726. The maximum atomic E-state index is 4.76. The number of hydrogen-bond donors (Lipinski definition) is 0. The molecule has 0 saturated carbocycles. The van der Waals surface area contributed by atoms with Crippen molar-refractivity contribution >= 4 is 9.69 Å². The third-order valence-electron chi connectivity index (χ3n) is 0.726. The average molecular weight is 193 g/mol. The fraction of sp³-hybridized carbons (Fsp3) is 0. The zero-order chi connectivity index (χ0) is 7.11. The van der Waals surface area contributed by atoms with Crippen molar-refractivity contribution in [2.24, 2.45) is 0 Å². The molecule has 9 heavy (non-hydrogen) atoms. The van der Waals surface area contributed by atoms with Gasteiger partial charge in [0.15, 0.2) is 0 Å². The second kappa shape index (κ2) is 6.06. The maximum absolute atomic E-state index is 4.76. The predicted octanol–water partition coefficient (Wildman–Crippen LogP) is 1.95. The molecule has 0 N–H and O–H groups in total. The van der Waals surface area contributed by atoms with Crippen LogP contribution in [0.4, 0.5) is 0 Å². The van der Waals surface area contributed by atoms with Crippen LogP contribution >= 0.6 is 9.69 Å². The second-order valence-corrected chi connectivity index (χ2v) is 1.32. The van der Waals surface area contributed by atoms with Gasteiger partial charge in [-0.25, -0.2) is 6.92 Å². The molecule has 1 nitrogen and oxygen atoms in total. The van der Waals surface area contributed by atoms with Crippen molar-refractivity contribution in [1.29, 1.82) is 0 Å². The van der Waals surface area contributed by atoms with Crippen molar-refractivity contribution < 1.29 is 17.3 Å². The summed E-state index contributed by atoms with van der Waals surface area (Å²) in [4.78, 5) is 3.87. The van der Waals surface area contributed by atoms with Crippen LogP contribution in [-0.4, -0.2) is 4.98 Å². The summed E-state index contributed by atoms with van der Waals surface area (Å²) in [6.07, 6.45) is 1.72. The Kier molecular flexibility index (Phi) is 6.01. The Balaban J connectivity index is 0.000000291. The minimum atomic E-state index is 0.822. The van der Waals surface area contributed by atoms with Crippen LogP contribution in [0.1, 0.15) is 5.69 Å². The summed E-state index contributed by atoms with van der Waals surface area (Å²) in [5, 5.41) is 0. The first-order chi connectivity index (χ1) is 4.39. The van der Waals surface area contributed by atoms with E-state index in [-0.39, 0.29) is 0 Å². The van der Waals surface area contributed by atoms with Gasteiger partial charge in [-0.2, -0.15) is 6.07 Å². The van der Waals surface area contributed by atoms with Crippen LogP contribution in [0.2, 0.25) is 0 Å². The first-order valence-corrected chi connectivity index (χ1v) is 6.29. The van der Waals surface area contributed by atoms with Gasteiger partial charge in [-0.3, -0.25) is 4.98 Å². The zero-order valence-electron chi connectivity index (χ0n) is 5.05. The van der Waals surface area contributed by atoms with Crippen LogP contribution in [-0.2, 0) is 17.3 Å². The van der Waals surface area contributed by atoms with Gasteiger partial charge in [0.05, 0.1) is 0 Å². The molecule has 1 rings (SSSR count). The van der Waals surface area contributed by atoms with E-state index in [0.717, 1.165) is 23.0 Å². The minimum absolute atomic E-state index is 0.822. The molecule has 44 valence electrons. The summed E-state index contributed by atoms with van der Waals surface area (Å²) in [5.41, 5.74) is 0.822. The molecule has 0 unspecified atom stereocenters. The Labute approximate surface area is 69.2 Å². The van der Waals surface area contributed by atoms with E-state index in [2.05, 4.69) is 11.9 Å². The average Bonchev–Trinajstić information content (AvgIpc) is 1.94.